The highest BCUT2D eigenvalue weighted by Crippen LogP contribution is 2.28. The van der Waals surface area contributed by atoms with Crippen molar-refractivity contribution in [3.8, 4) is 0 Å². The van der Waals surface area contributed by atoms with Crippen LogP contribution in [-0.2, 0) is 51.7 Å². The summed E-state index contributed by atoms with van der Waals surface area (Å²) in [6.07, 6.45) is 2.15. The molecule has 0 radical (unpaired) electrons. The van der Waals surface area contributed by atoms with Gasteiger partial charge in [-0.3, -0.25) is 14.0 Å². The zero-order valence-corrected chi connectivity index (χ0v) is 46.2. The fraction of sp³-hybridized carbons (Fsp3) is 0.583. The van der Waals surface area contributed by atoms with Crippen molar-refractivity contribution >= 4 is 87.5 Å². The summed E-state index contributed by atoms with van der Waals surface area (Å²) in [4.78, 5) is 78.6. The first-order chi connectivity index (χ1) is 38.0. The summed E-state index contributed by atoms with van der Waals surface area (Å²) in [6, 6.07) is 7.31. The maximum absolute atomic E-state index is 12.9. The number of ether oxygens (including phenoxy) is 10. The second kappa shape index (κ2) is 40.3. The minimum atomic E-state index is -0.638. The third kappa shape index (κ3) is 29.2. The van der Waals surface area contributed by atoms with Crippen LogP contribution >= 0.6 is 34.8 Å². The van der Waals surface area contributed by atoms with E-state index in [9.17, 15) is 24.0 Å². The number of benzene rings is 1. The van der Waals surface area contributed by atoms with E-state index in [0.29, 0.717) is 65.3 Å². The van der Waals surface area contributed by atoms with Crippen LogP contribution in [0, 0.1) is 13.8 Å². The van der Waals surface area contributed by atoms with E-state index in [1.165, 1.54) is 29.7 Å². The third-order valence-corrected chi connectivity index (χ3v) is 11.7. The molecule has 1 aliphatic heterocycles. The summed E-state index contributed by atoms with van der Waals surface area (Å²) >= 11 is 12.6. The molecule has 0 spiro atoms. The van der Waals surface area contributed by atoms with Gasteiger partial charge in [-0.15, -0.1) is 0 Å². The minimum Gasteiger partial charge on any atom is -0.447 e. The maximum Gasteiger partial charge on any atom is 0.407 e. The Morgan fingerprint density at radius 1 is 0.628 bits per heavy atom. The normalized spacial score (nSPS) is 12.5. The molecule has 1 fully saturated rings. The van der Waals surface area contributed by atoms with Crippen LogP contribution in [0.2, 0.25) is 5.02 Å². The fourth-order valence-electron chi connectivity index (χ4n) is 6.50. The topological polar surface area (TPSA) is 304 Å². The Kier molecular flexibility index (Phi) is 33.4. The van der Waals surface area contributed by atoms with Crippen LogP contribution in [0.5, 0.6) is 0 Å². The van der Waals surface area contributed by atoms with Gasteiger partial charge in [-0.25, -0.2) is 34.1 Å². The number of carbonyl (C=O) groups is 5. The van der Waals surface area contributed by atoms with Crippen molar-refractivity contribution in [3.05, 3.63) is 63.9 Å². The summed E-state index contributed by atoms with van der Waals surface area (Å²) in [5, 5.41) is 17.3. The second-order valence-corrected chi connectivity index (χ2v) is 17.8. The summed E-state index contributed by atoms with van der Waals surface area (Å²) in [7, 11) is 0. The summed E-state index contributed by atoms with van der Waals surface area (Å²) in [6.45, 7) is 12.4. The number of amides is 5. The smallest absolute Gasteiger partial charge is 0.407 e. The molecule has 0 bridgehead atoms. The van der Waals surface area contributed by atoms with Gasteiger partial charge in [0, 0.05) is 65.0 Å². The van der Waals surface area contributed by atoms with Crippen molar-refractivity contribution in [1.82, 2.24) is 41.1 Å². The number of anilines is 4. The van der Waals surface area contributed by atoms with Gasteiger partial charge in [0.25, 0.3) is 5.91 Å². The number of aryl methyl sites for hydroxylation is 2. The van der Waals surface area contributed by atoms with Crippen LogP contribution in [0.15, 0.2) is 42.6 Å². The van der Waals surface area contributed by atoms with E-state index in [1.807, 2.05) is 32.0 Å². The Labute approximate surface area is 467 Å². The Balaban J connectivity index is 0.870. The number of para-hydroxylation sites is 1. The quantitative estimate of drug-likeness (QED) is 0.0267. The van der Waals surface area contributed by atoms with Crippen molar-refractivity contribution in [1.29, 1.82) is 0 Å². The van der Waals surface area contributed by atoms with Gasteiger partial charge in [0.05, 0.1) is 115 Å². The lowest BCUT2D eigenvalue weighted by Gasteiger charge is -2.35. The van der Waals surface area contributed by atoms with Crippen LogP contribution in [0.1, 0.15) is 21.1 Å². The molecule has 3 heterocycles. The van der Waals surface area contributed by atoms with Crippen LogP contribution in [0.4, 0.5) is 41.6 Å². The minimum absolute atomic E-state index is 0.0245. The van der Waals surface area contributed by atoms with E-state index < -0.39 is 24.4 Å². The van der Waals surface area contributed by atoms with Gasteiger partial charge >= 0.3 is 24.4 Å². The Bertz CT molecular complexity index is 2230. The molecule has 6 N–H and O–H groups in total. The molecule has 1 aliphatic rings. The molecule has 4 rings (SSSR count). The number of nitrogens with zero attached hydrogens (tertiary/aromatic N) is 5. The number of aromatic nitrogens is 3. The number of halogens is 2. The zero-order chi connectivity index (χ0) is 55.8. The summed E-state index contributed by atoms with van der Waals surface area (Å²) in [5.74, 6) is 1.68. The molecule has 5 amide bonds. The van der Waals surface area contributed by atoms with Crippen molar-refractivity contribution in [2.75, 3.05) is 187 Å². The van der Waals surface area contributed by atoms with Gasteiger partial charge in [0.2, 0.25) is 0 Å². The first kappa shape index (κ1) is 64.6. The Morgan fingerprint density at radius 2 is 1.13 bits per heavy atom. The predicted octanol–water partition coefficient (Wildman–Crippen LogP) is 4.05. The second-order valence-electron chi connectivity index (χ2n) is 16.2. The molecule has 434 valence electrons. The number of piperazine rings is 1. The van der Waals surface area contributed by atoms with Crippen LogP contribution in [0.25, 0.3) is 0 Å². The number of hydrogen-bond donors (Lipinski definition) is 6. The van der Waals surface area contributed by atoms with Gasteiger partial charge in [-0.2, -0.15) is 0 Å². The number of hydrogen-bond acceptors (Lipinski definition) is 23. The molecule has 0 saturated carbocycles. The fourth-order valence-corrected chi connectivity index (χ4v) is 7.55. The van der Waals surface area contributed by atoms with Crippen molar-refractivity contribution < 1.29 is 75.6 Å². The van der Waals surface area contributed by atoms with Gasteiger partial charge in [0.1, 0.15) is 48.8 Å². The van der Waals surface area contributed by atoms with E-state index in [1.54, 1.807) is 6.07 Å². The number of thiazole rings is 1. The van der Waals surface area contributed by atoms with Crippen LogP contribution in [-0.4, -0.2) is 221 Å². The number of nitrogens with one attached hydrogen (secondary N) is 6. The first-order valence-electron chi connectivity index (χ1n) is 25.1. The van der Waals surface area contributed by atoms with Crippen molar-refractivity contribution in [2.45, 2.75) is 13.8 Å². The van der Waals surface area contributed by atoms with Gasteiger partial charge in [0.15, 0.2) is 5.13 Å². The number of carbonyl (C=O) groups excluding carboxylic acids is 5. The third-order valence-electron chi connectivity index (χ3n) is 10.3. The Morgan fingerprint density at radius 3 is 1.67 bits per heavy atom. The zero-order valence-electron chi connectivity index (χ0n) is 43.9. The van der Waals surface area contributed by atoms with Crippen molar-refractivity contribution in [2.24, 2.45) is 0 Å². The highest BCUT2D eigenvalue weighted by molar-refractivity contribution is 7.17. The monoisotopic (exact) mass is 1160 g/mol. The van der Waals surface area contributed by atoms with Gasteiger partial charge < -0.3 is 84.2 Å². The van der Waals surface area contributed by atoms with Gasteiger partial charge in [-0.05, 0) is 37.6 Å². The highest BCUT2D eigenvalue weighted by Gasteiger charge is 2.20. The molecule has 2 aromatic heterocycles. The van der Waals surface area contributed by atoms with E-state index in [0.717, 1.165) is 44.1 Å². The average molecular weight is 1160 g/mol. The summed E-state index contributed by atoms with van der Waals surface area (Å²) < 4.78 is 56.8. The largest absolute Gasteiger partial charge is 0.447 e. The van der Waals surface area contributed by atoms with Gasteiger partial charge in [-0.1, -0.05) is 35.1 Å². The van der Waals surface area contributed by atoms with Crippen LogP contribution < -0.4 is 36.8 Å². The molecule has 30 heteroatoms. The van der Waals surface area contributed by atoms with E-state index in [4.69, 9.17) is 70.8 Å². The standard InChI is InChI=1S/C48H71Cl2N11O16S/c1-36-6-5-7-38(49)42(36)59-43(62)39-35-55-44(78-39)58-40-34-41(57-37(2)56-40)61-14-12-60(13-15-61)16-23-67-19-8-53-47(65)75-31-28-71-26-24-68-20-9-51-45(63)73-17-3-4-18-74-46(64)52-10-21-69-25-27-72-29-32-76-48(66)54-11-22-70-30-33-77-50/h3-7,34-35H,8-33H2,1-2H3,(H,51,63)(H,52,64)(H,53,65)(H,54,66)(H,59,62)(H,55,56,57,58)/b4-3+. The molecule has 78 heavy (non-hydrogen) atoms. The molecule has 0 unspecified atom stereocenters. The average Bonchev–Trinajstić information content (AvgIpc) is 3.90. The lowest BCUT2D eigenvalue weighted by molar-refractivity contribution is 0.0282. The SMILES string of the molecule is Cc1nc(Nc2ncc(C(=O)Nc3c(C)cccc3Cl)s2)cc(N2CCN(CCOCCNC(=O)OCCOCCOCCNC(=O)OC/C=C/COC(=O)NCCOCCOCCOC(=O)NCCOCCOCl)CC2)n1. The molecular formula is C48H71Cl2N11O16S. The van der Waals surface area contributed by atoms with Crippen molar-refractivity contribution in [3.63, 3.8) is 0 Å². The van der Waals surface area contributed by atoms with E-state index in [2.05, 4.69) is 60.9 Å². The summed E-state index contributed by atoms with van der Waals surface area (Å²) in [5.41, 5.74) is 1.43. The molecule has 0 atom stereocenters. The number of rotatable bonds is 39. The molecule has 1 saturated heterocycles. The highest BCUT2D eigenvalue weighted by atomic mass is 35.5. The maximum atomic E-state index is 12.9. The van der Waals surface area contributed by atoms with E-state index >= 15 is 0 Å². The molecule has 1 aromatic carbocycles. The molecule has 3 aromatic rings. The lowest BCUT2D eigenvalue weighted by Crippen LogP contribution is -2.47. The molecule has 0 aliphatic carbocycles. The molecular weight excluding hydrogens is 1090 g/mol. The number of alkyl carbamates (subject to hydrolysis) is 4. The lowest BCUT2D eigenvalue weighted by atomic mass is 10.2. The van der Waals surface area contributed by atoms with Crippen LogP contribution in [0.3, 0.4) is 0 Å². The first-order valence-corrected chi connectivity index (χ1v) is 26.6. The predicted molar refractivity (Wildman–Crippen MR) is 288 cm³/mol. The van der Waals surface area contributed by atoms with E-state index in [-0.39, 0.29) is 111 Å². The molecule has 27 nitrogen and oxygen atoms in total. The Hall–Kier alpha value is -5.92.